The second kappa shape index (κ2) is 6.76. The average Bonchev–Trinajstić information content (AvgIpc) is 2.33. The van der Waals surface area contributed by atoms with Gasteiger partial charge in [0.05, 0.1) is 7.11 Å². The molecule has 2 N–H and O–H groups in total. The maximum atomic E-state index is 5.41. The Kier molecular flexibility index (Phi) is 5.63. The van der Waals surface area contributed by atoms with Gasteiger partial charge in [-0.15, -0.1) is 0 Å². The molecule has 3 nitrogen and oxygen atoms in total. The molecule has 0 heterocycles. The van der Waals surface area contributed by atoms with E-state index in [2.05, 4.69) is 49.6 Å². The molecule has 0 spiro atoms. The molecule has 0 radical (unpaired) electrons. The quantitative estimate of drug-likeness (QED) is 0.760. The number of hydrogen-bond donors (Lipinski definition) is 2. The molecule has 0 aliphatic carbocycles. The van der Waals surface area contributed by atoms with Crippen LogP contribution in [0.1, 0.15) is 31.9 Å². The van der Waals surface area contributed by atoms with Crippen molar-refractivity contribution in [2.75, 3.05) is 27.2 Å². The minimum Gasteiger partial charge on any atom is -0.496 e. The smallest absolute Gasteiger partial charge is 0.123 e. The molecule has 0 unspecified atom stereocenters. The van der Waals surface area contributed by atoms with Crippen LogP contribution in [0.15, 0.2) is 18.2 Å². The molecule has 0 fully saturated rings. The van der Waals surface area contributed by atoms with Crippen LogP contribution in [0.25, 0.3) is 0 Å². The molecular weight excluding hydrogens is 224 g/mol. The number of rotatable bonds is 6. The van der Waals surface area contributed by atoms with Crippen molar-refractivity contribution >= 4 is 0 Å². The summed E-state index contributed by atoms with van der Waals surface area (Å²) < 4.78 is 5.41. The predicted octanol–water partition coefficient (Wildman–Crippen LogP) is 2.30. The van der Waals surface area contributed by atoms with Crippen LogP contribution in [-0.2, 0) is 12.0 Å². The van der Waals surface area contributed by atoms with Crippen molar-refractivity contribution in [2.45, 2.75) is 32.7 Å². The van der Waals surface area contributed by atoms with Gasteiger partial charge in [-0.2, -0.15) is 0 Å². The number of likely N-dealkylation sites (N-methyl/N-ethyl adjacent to an activating group) is 1. The van der Waals surface area contributed by atoms with Gasteiger partial charge >= 0.3 is 0 Å². The highest BCUT2D eigenvalue weighted by molar-refractivity contribution is 5.39. The van der Waals surface area contributed by atoms with E-state index in [1.54, 1.807) is 7.11 Å². The molecule has 0 saturated heterocycles. The maximum absolute atomic E-state index is 5.41. The minimum absolute atomic E-state index is 0.173. The zero-order chi connectivity index (χ0) is 13.6. The summed E-state index contributed by atoms with van der Waals surface area (Å²) in [5.41, 5.74) is 2.74. The third kappa shape index (κ3) is 4.31. The number of nitrogens with one attached hydrogen (secondary N) is 2. The Bertz CT molecular complexity index is 369. The zero-order valence-corrected chi connectivity index (χ0v) is 12.3. The number of ether oxygens (including phenoxy) is 1. The Labute approximate surface area is 111 Å². The van der Waals surface area contributed by atoms with E-state index < -0.39 is 0 Å². The molecule has 1 rings (SSSR count). The van der Waals surface area contributed by atoms with E-state index in [-0.39, 0.29) is 5.41 Å². The van der Waals surface area contributed by atoms with Crippen LogP contribution in [0.5, 0.6) is 5.75 Å². The number of benzene rings is 1. The lowest BCUT2D eigenvalue weighted by molar-refractivity contribution is 0.407. The third-order valence-corrected chi connectivity index (χ3v) is 3.01. The van der Waals surface area contributed by atoms with E-state index in [4.69, 9.17) is 4.74 Å². The first-order chi connectivity index (χ1) is 8.49. The summed E-state index contributed by atoms with van der Waals surface area (Å²) in [5.74, 6) is 0.958. The van der Waals surface area contributed by atoms with Gasteiger partial charge in [0.25, 0.3) is 0 Å². The molecule has 0 bridgehead atoms. The summed E-state index contributed by atoms with van der Waals surface area (Å²) in [5, 5.41) is 6.54. The van der Waals surface area contributed by atoms with Gasteiger partial charge in [-0.05, 0) is 24.1 Å². The Balaban J connectivity index is 2.79. The van der Waals surface area contributed by atoms with Gasteiger partial charge in [0.15, 0.2) is 0 Å². The predicted molar refractivity (Wildman–Crippen MR) is 77.3 cm³/mol. The average molecular weight is 250 g/mol. The van der Waals surface area contributed by atoms with Gasteiger partial charge in [-0.3, -0.25) is 0 Å². The van der Waals surface area contributed by atoms with Crippen LogP contribution >= 0.6 is 0 Å². The second-order valence-corrected chi connectivity index (χ2v) is 5.56. The van der Waals surface area contributed by atoms with Crippen LogP contribution in [0.3, 0.4) is 0 Å². The summed E-state index contributed by atoms with van der Waals surface area (Å²) in [6.45, 7) is 9.46. The van der Waals surface area contributed by atoms with Crippen LogP contribution < -0.4 is 15.4 Å². The Morgan fingerprint density at radius 1 is 1.17 bits per heavy atom. The van der Waals surface area contributed by atoms with Gasteiger partial charge in [0, 0.05) is 25.2 Å². The summed E-state index contributed by atoms with van der Waals surface area (Å²) in [4.78, 5) is 0. The first kappa shape index (κ1) is 15.0. The Morgan fingerprint density at radius 2 is 1.89 bits per heavy atom. The lowest BCUT2D eigenvalue weighted by atomic mass is 9.86. The molecule has 0 saturated carbocycles. The van der Waals surface area contributed by atoms with E-state index in [0.29, 0.717) is 0 Å². The first-order valence-corrected chi connectivity index (χ1v) is 6.51. The van der Waals surface area contributed by atoms with Crippen LogP contribution in [0, 0.1) is 0 Å². The van der Waals surface area contributed by atoms with Crippen molar-refractivity contribution < 1.29 is 4.74 Å². The highest BCUT2D eigenvalue weighted by atomic mass is 16.5. The van der Waals surface area contributed by atoms with Crippen LogP contribution in [0.2, 0.25) is 0 Å². The van der Waals surface area contributed by atoms with Crippen molar-refractivity contribution in [1.82, 2.24) is 10.6 Å². The molecule has 0 aliphatic heterocycles. The van der Waals surface area contributed by atoms with E-state index in [1.807, 2.05) is 7.05 Å². The molecule has 0 aliphatic rings. The van der Waals surface area contributed by atoms with Gasteiger partial charge in [0.1, 0.15) is 5.75 Å². The molecule has 0 atom stereocenters. The molecule has 18 heavy (non-hydrogen) atoms. The summed E-state index contributed by atoms with van der Waals surface area (Å²) in [6, 6.07) is 6.46. The highest BCUT2D eigenvalue weighted by Crippen LogP contribution is 2.27. The maximum Gasteiger partial charge on any atom is 0.123 e. The number of hydrogen-bond acceptors (Lipinski definition) is 3. The Hall–Kier alpha value is -1.06. The van der Waals surface area contributed by atoms with Crippen LogP contribution in [0.4, 0.5) is 0 Å². The summed E-state index contributed by atoms with van der Waals surface area (Å²) >= 11 is 0. The topological polar surface area (TPSA) is 33.3 Å². The molecule has 0 aromatic heterocycles. The molecule has 1 aromatic rings. The van der Waals surface area contributed by atoms with Crippen LogP contribution in [-0.4, -0.2) is 27.2 Å². The molecule has 102 valence electrons. The number of methoxy groups -OCH3 is 1. The third-order valence-electron chi connectivity index (χ3n) is 3.01. The normalized spacial score (nSPS) is 11.6. The van der Waals surface area contributed by atoms with Gasteiger partial charge in [0.2, 0.25) is 0 Å². The van der Waals surface area contributed by atoms with Crippen molar-refractivity contribution in [1.29, 1.82) is 0 Å². The van der Waals surface area contributed by atoms with E-state index >= 15 is 0 Å². The van der Waals surface area contributed by atoms with E-state index in [0.717, 1.165) is 25.4 Å². The fourth-order valence-corrected chi connectivity index (χ4v) is 1.82. The second-order valence-electron chi connectivity index (χ2n) is 5.56. The fourth-order valence-electron chi connectivity index (χ4n) is 1.82. The highest BCUT2D eigenvalue weighted by Gasteiger charge is 2.15. The van der Waals surface area contributed by atoms with E-state index in [9.17, 15) is 0 Å². The monoisotopic (exact) mass is 250 g/mol. The van der Waals surface area contributed by atoms with Gasteiger partial charge in [-0.25, -0.2) is 0 Å². The SMILES string of the molecule is CNCCNCc1cc(C(C)(C)C)ccc1OC. The van der Waals surface area contributed by atoms with Crippen molar-refractivity contribution in [3.8, 4) is 5.75 Å². The van der Waals surface area contributed by atoms with Crippen molar-refractivity contribution in [3.05, 3.63) is 29.3 Å². The summed E-state index contributed by atoms with van der Waals surface area (Å²) in [7, 11) is 3.69. The van der Waals surface area contributed by atoms with E-state index in [1.165, 1.54) is 11.1 Å². The van der Waals surface area contributed by atoms with Crippen molar-refractivity contribution in [2.24, 2.45) is 0 Å². The standard InChI is InChI=1S/C15H26N2O/c1-15(2,3)13-6-7-14(18-5)12(10-13)11-17-9-8-16-4/h6-7,10,16-17H,8-9,11H2,1-5H3. The van der Waals surface area contributed by atoms with Crippen molar-refractivity contribution in [3.63, 3.8) is 0 Å². The minimum atomic E-state index is 0.173. The fraction of sp³-hybridized carbons (Fsp3) is 0.600. The summed E-state index contributed by atoms with van der Waals surface area (Å²) in [6.07, 6.45) is 0. The van der Waals surface area contributed by atoms with Gasteiger partial charge < -0.3 is 15.4 Å². The molecule has 3 heteroatoms. The molecule has 0 amide bonds. The lowest BCUT2D eigenvalue weighted by Gasteiger charge is -2.21. The first-order valence-electron chi connectivity index (χ1n) is 6.51. The Morgan fingerprint density at radius 3 is 2.44 bits per heavy atom. The molecular formula is C15H26N2O. The largest absolute Gasteiger partial charge is 0.496 e. The zero-order valence-electron chi connectivity index (χ0n) is 12.3. The molecule has 1 aromatic carbocycles. The lowest BCUT2D eigenvalue weighted by Crippen LogP contribution is -2.24. The van der Waals surface area contributed by atoms with Gasteiger partial charge in [-0.1, -0.05) is 32.9 Å².